The van der Waals surface area contributed by atoms with E-state index in [4.69, 9.17) is 0 Å². The summed E-state index contributed by atoms with van der Waals surface area (Å²) in [6, 6.07) is 0. The van der Waals surface area contributed by atoms with Gasteiger partial charge in [0.15, 0.2) is 0 Å². The zero-order valence-electron chi connectivity index (χ0n) is 7.88. The van der Waals surface area contributed by atoms with Crippen LogP contribution in [0.1, 0.15) is 19.3 Å². The van der Waals surface area contributed by atoms with Crippen LogP contribution in [0.4, 0.5) is 4.79 Å². The van der Waals surface area contributed by atoms with Gasteiger partial charge < -0.3 is 10.1 Å². The second-order valence-electron chi connectivity index (χ2n) is 4.83. The summed E-state index contributed by atoms with van der Waals surface area (Å²) in [5.74, 6) is 2.86. The van der Waals surface area contributed by atoms with Crippen LogP contribution in [0, 0.1) is 23.2 Å². The van der Waals surface area contributed by atoms with E-state index in [1.54, 1.807) is 0 Å². The smallest absolute Gasteiger partial charge is 0.406 e. The number of hydrogen-bond donors (Lipinski definition) is 1. The molecule has 4 aliphatic carbocycles. The number of amides is 1. The van der Waals surface area contributed by atoms with Crippen LogP contribution in [-0.4, -0.2) is 19.7 Å². The molecule has 0 heterocycles. The lowest BCUT2D eigenvalue weighted by molar-refractivity contribution is 0.168. The van der Waals surface area contributed by atoms with E-state index in [2.05, 4.69) is 10.1 Å². The molecule has 2 atom stereocenters. The number of ether oxygens (including phenoxy) is 1. The van der Waals surface area contributed by atoms with Gasteiger partial charge in [0, 0.05) is 6.54 Å². The molecule has 1 amide bonds. The minimum absolute atomic E-state index is 0.274. The van der Waals surface area contributed by atoms with Gasteiger partial charge in [0.25, 0.3) is 0 Å². The molecule has 3 nitrogen and oxygen atoms in total. The van der Waals surface area contributed by atoms with Crippen molar-refractivity contribution in [3.8, 4) is 0 Å². The fraction of sp³-hybridized carbons (Fsp3) is 0.900. The molecule has 0 aromatic carbocycles. The molecule has 2 unspecified atom stereocenters. The summed E-state index contributed by atoms with van der Waals surface area (Å²) < 4.78 is 4.57. The standard InChI is InChI=1S/C10H15NO2/c1-13-9(12)11-5-10-4-6-2-7(10)8(10)3-6/h6-8H,2-5H2,1H3,(H,11,12). The third kappa shape index (κ3) is 0.825. The lowest BCUT2D eigenvalue weighted by Crippen LogP contribution is -2.30. The Bertz CT molecular complexity index is 252. The number of carbonyl (C=O) groups is 1. The SMILES string of the molecule is COC(=O)NCC12CC3CC1C2C3. The zero-order valence-corrected chi connectivity index (χ0v) is 7.88. The summed E-state index contributed by atoms with van der Waals surface area (Å²) in [6.45, 7) is 0.853. The third-order valence-electron chi connectivity index (χ3n) is 4.44. The quantitative estimate of drug-likeness (QED) is 0.699. The third-order valence-corrected chi connectivity index (χ3v) is 4.44. The molecule has 72 valence electrons. The van der Waals surface area contributed by atoms with Crippen molar-refractivity contribution in [3.63, 3.8) is 0 Å². The largest absolute Gasteiger partial charge is 0.453 e. The highest BCUT2D eigenvalue weighted by Gasteiger charge is 2.73. The van der Waals surface area contributed by atoms with Crippen molar-refractivity contribution in [3.05, 3.63) is 0 Å². The molecule has 4 fully saturated rings. The maximum Gasteiger partial charge on any atom is 0.406 e. The molecular formula is C10H15NO2. The van der Waals surface area contributed by atoms with E-state index < -0.39 is 0 Å². The molecule has 0 aromatic rings. The Hall–Kier alpha value is -0.730. The molecule has 0 aliphatic heterocycles. The maximum absolute atomic E-state index is 10.9. The summed E-state index contributed by atoms with van der Waals surface area (Å²) >= 11 is 0. The number of rotatable bonds is 2. The summed E-state index contributed by atoms with van der Waals surface area (Å²) in [5, 5.41) is 2.85. The van der Waals surface area contributed by atoms with Gasteiger partial charge in [0.05, 0.1) is 7.11 Å². The fourth-order valence-electron chi connectivity index (χ4n) is 3.93. The lowest BCUT2D eigenvalue weighted by Gasteiger charge is -2.11. The Morgan fingerprint density at radius 2 is 2.23 bits per heavy atom. The van der Waals surface area contributed by atoms with E-state index in [1.807, 2.05) is 0 Å². The molecule has 4 rings (SSSR count). The molecule has 4 bridgehead atoms. The van der Waals surface area contributed by atoms with E-state index in [0.29, 0.717) is 5.41 Å². The van der Waals surface area contributed by atoms with Gasteiger partial charge in [-0.25, -0.2) is 4.79 Å². The van der Waals surface area contributed by atoms with Gasteiger partial charge in [-0.2, -0.15) is 0 Å². The number of hydrogen-bond acceptors (Lipinski definition) is 2. The minimum Gasteiger partial charge on any atom is -0.453 e. The summed E-state index contributed by atoms with van der Waals surface area (Å²) in [7, 11) is 1.42. The predicted octanol–water partition coefficient (Wildman–Crippen LogP) is 1.39. The molecule has 0 saturated heterocycles. The van der Waals surface area contributed by atoms with Crippen LogP contribution in [0.25, 0.3) is 0 Å². The van der Waals surface area contributed by atoms with Crippen LogP contribution in [-0.2, 0) is 4.74 Å². The average Bonchev–Trinajstić information content (AvgIpc) is 2.63. The monoisotopic (exact) mass is 181 g/mol. The van der Waals surface area contributed by atoms with Crippen LogP contribution in [0.2, 0.25) is 0 Å². The average molecular weight is 181 g/mol. The van der Waals surface area contributed by atoms with E-state index in [9.17, 15) is 4.79 Å². The predicted molar refractivity (Wildman–Crippen MR) is 47.2 cm³/mol. The normalized spacial score (nSPS) is 49.2. The van der Waals surface area contributed by atoms with Gasteiger partial charge in [0.1, 0.15) is 0 Å². The highest BCUT2D eigenvalue weighted by atomic mass is 16.5. The van der Waals surface area contributed by atoms with Crippen molar-refractivity contribution in [1.82, 2.24) is 5.32 Å². The van der Waals surface area contributed by atoms with E-state index in [1.165, 1.54) is 26.4 Å². The van der Waals surface area contributed by atoms with Crippen LogP contribution in [0.5, 0.6) is 0 Å². The first-order valence-corrected chi connectivity index (χ1v) is 5.08. The first kappa shape index (κ1) is 7.65. The molecule has 0 spiro atoms. The Morgan fingerprint density at radius 1 is 1.54 bits per heavy atom. The van der Waals surface area contributed by atoms with Gasteiger partial charge in [-0.05, 0) is 42.4 Å². The summed E-state index contributed by atoms with van der Waals surface area (Å²) in [6.07, 6.45) is 3.93. The van der Waals surface area contributed by atoms with Crippen LogP contribution in [0.15, 0.2) is 0 Å². The van der Waals surface area contributed by atoms with Crippen molar-refractivity contribution in [2.24, 2.45) is 23.2 Å². The summed E-state index contributed by atoms with van der Waals surface area (Å²) in [5.41, 5.74) is 0.513. The fourth-order valence-corrected chi connectivity index (χ4v) is 3.93. The number of carbonyl (C=O) groups excluding carboxylic acids is 1. The van der Waals surface area contributed by atoms with Gasteiger partial charge in [-0.15, -0.1) is 0 Å². The molecule has 4 saturated carbocycles. The number of methoxy groups -OCH3 is 1. The van der Waals surface area contributed by atoms with Crippen LogP contribution >= 0.6 is 0 Å². The van der Waals surface area contributed by atoms with Crippen LogP contribution in [0.3, 0.4) is 0 Å². The van der Waals surface area contributed by atoms with Crippen molar-refractivity contribution < 1.29 is 9.53 Å². The van der Waals surface area contributed by atoms with Crippen molar-refractivity contribution in [2.75, 3.05) is 13.7 Å². The van der Waals surface area contributed by atoms with Gasteiger partial charge >= 0.3 is 6.09 Å². The van der Waals surface area contributed by atoms with E-state index >= 15 is 0 Å². The second-order valence-corrected chi connectivity index (χ2v) is 4.83. The van der Waals surface area contributed by atoms with E-state index in [0.717, 1.165) is 24.3 Å². The molecule has 1 N–H and O–H groups in total. The first-order valence-electron chi connectivity index (χ1n) is 5.08. The zero-order chi connectivity index (χ0) is 9.05. The Balaban J connectivity index is 1.60. The second kappa shape index (κ2) is 2.20. The van der Waals surface area contributed by atoms with Gasteiger partial charge in [-0.1, -0.05) is 0 Å². The lowest BCUT2D eigenvalue weighted by atomic mass is 10.0. The van der Waals surface area contributed by atoms with Crippen molar-refractivity contribution >= 4 is 6.09 Å². The summed E-state index contributed by atoms with van der Waals surface area (Å²) in [4.78, 5) is 10.9. The maximum atomic E-state index is 10.9. The Morgan fingerprint density at radius 3 is 2.69 bits per heavy atom. The molecule has 4 aliphatic rings. The number of nitrogens with one attached hydrogen (secondary N) is 1. The molecule has 0 aromatic heterocycles. The van der Waals surface area contributed by atoms with Gasteiger partial charge in [0.2, 0.25) is 0 Å². The van der Waals surface area contributed by atoms with Crippen LogP contribution < -0.4 is 5.32 Å². The van der Waals surface area contributed by atoms with Crippen molar-refractivity contribution in [2.45, 2.75) is 19.3 Å². The first-order chi connectivity index (χ1) is 6.26. The Kier molecular flexibility index (Phi) is 1.29. The van der Waals surface area contributed by atoms with Gasteiger partial charge in [-0.3, -0.25) is 0 Å². The molecule has 13 heavy (non-hydrogen) atoms. The topological polar surface area (TPSA) is 38.3 Å². The van der Waals surface area contributed by atoms with E-state index in [-0.39, 0.29) is 6.09 Å². The molecule has 0 radical (unpaired) electrons. The molecular weight excluding hydrogens is 166 g/mol. The minimum atomic E-state index is -0.274. The van der Waals surface area contributed by atoms with Crippen molar-refractivity contribution in [1.29, 1.82) is 0 Å². The highest BCUT2D eigenvalue weighted by Crippen LogP contribution is 2.78. The highest BCUT2D eigenvalue weighted by molar-refractivity contribution is 5.67. The number of alkyl carbamates (subject to hydrolysis) is 1. The molecule has 3 heteroatoms. The Labute approximate surface area is 77.8 Å².